The van der Waals surface area contributed by atoms with Crippen LogP contribution in [0.3, 0.4) is 0 Å². The van der Waals surface area contributed by atoms with Crippen molar-refractivity contribution in [3.63, 3.8) is 0 Å². The molecule has 0 aliphatic heterocycles. The van der Waals surface area contributed by atoms with Crippen LogP contribution in [0.2, 0.25) is 0 Å². The number of pyridine rings is 1. The predicted molar refractivity (Wildman–Crippen MR) is 81.9 cm³/mol. The third kappa shape index (κ3) is 2.34. The van der Waals surface area contributed by atoms with Crippen LogP contribution in [0.15, 0.2) is 36.0 Å². The molecule has 3 heterocycles. The average Bonchev–Trinajstić information content (AvgIpc) is 3.02. The summed E-state index contributed by atoms with van der Waals surface area (Å²) in [6, 6.07) is 6.34. The molecule has 0 bridgehead atoms. The Bertz CT molecular complexity index is 701. The summed E-state index contributed by atoms with van der Waals surface area (Å²) in [6.45, 7) is 5.12. The van der Waals surface area contributed by atoms with Gasteiger partial charge in [-0.05, 0) is 33.0 Å². The topological polar surface area (TPSA) is 33.4 Å². The van der Waals surface area contributed by atoms with E-state index in [2.05, 4.69) is 57.8 Å². The van der Waals surface area contributed by atoms with Crippen LogP contribution in [0.1, 0.15) is 30.0 Å². The fraction of sp³-hybridized carbons (Fsp3) is 0.333. The fourth-order valence-corrected chi connectivity index (χ4v) is 3.13. The Labute approximate surface area is 122 Å². The van der Waals surface area contributed by atoms with E-state index in [1.54, 1.807) is 11.3 Å². The van der Waals surface area contributed by atoms with Crippen molar-refractivity contribution in [2.75, 3.05) is 7.05 Å². The monoisotopic (exact) mass is 286 g/mol. The Hall–Kier alpha value is -1.72. The van der Waals surface area contributed by atoms with Gasteiger partial charge in [0.25, 0.3) is 0 Å². The second-order valence-electron chi connectivity index (χ2n) is 5.05. The summed E-state index contributed by atoms with van der Waals surface area (Å²) in [7, 11) is 2.13. The lowest BCUT2D eigenvalue weighted by molar-refractivity contribution is 0.244. The van der Waals surface area contributed by atoms with E-state index in [-0.39, 0.29) is 6.04 Å². The summed E-state index contributed by atoms with van der Waals surface area (Å²) in [6.07, 6.45) is 3.94. The molecule has 3 aromatic heterocycles. The maximum Gasteiger partial charge on any atom is 0.194 e. The van der Waals surface area contributed by atoms with Crippen LogP contribution in [0.25, 0.3) is 4.96 Å². The van der Waals surface area contributed by atoms with E-state index in [4.69, 9.17) is 0 Å². The third-order valence-electron chi connectivity index (χ3n) is 3.74. The lowest BCUT2D eigenvalue weighted by atomic mass is 10.2. The zero-order chi connectivity index (χ0) is 14.1. The van der Waals surface area contributed by atoms with E-state index in [0.717, 1.165) is 22.9 Å². The van der Waals surface area contributed by atoms with E-state index in [9.17, 15) is 0 Å². The van der Waals surface area contributed by atoms with E-state index in [1.165, 1.54) is 5.69 Å². The van der Waals surface area contributed by atoms with Crippen LogP contribution in [0.4, 0.5) is 0 Å². The molecule has 4 nitrogen and oxygen atoms in total. The van der Waals surface area contributed by atoms with Crippen molar-refractivity contribution in [1.82, 2.24) is 19.3 Å². The first-order valence-corrected chi connectivity index (χ1v) is 7.57. The Balaban J connectivity index is 1.83. The zero-order valence-electron chi connectivity index (χ0n) is 11.9. The minimum Gasteiger partial charge on any atom is -0.293 e. The van der Waals surface area contributed by atoms with Gasteiger partial charge in [0.1, 0.15) is 0 Å². The van der Waals surface area contributed by atoms with Crippen molar-refractivity contribution in [3.05, 3.63) is 53.1 Å². The van der Waals surface area contributed by atoms with Gasteiger partial charge in [0.05, 0.1) is 17.1 Å². The van der Waals surface area contributed by atoms with E-state index in [0.29, 0.717) is 0 Å². The summed E-state index contributed by atoms with van der Waals surface area (Å²) in [5.41, 5.74) is 3.46. The highest BCUT2D eigenvalue weighted by Crippen LogP contribution is 2.22. The van der Waals surface area contributed by atoms with Crippen LogP contribution in [-0.4, -0.2) is 26.3 Å². The molecular formula is C15H18N4S. The molecule has 0 aromatic carbocycles. The number of hydrogen-bond donors (Lipinski definition) is 0. The van der Waals surface area contributed by atoms with Gasteiger partial charge in [-0.3, -0.25) is 14.3 Å². The number of thiazole rings is 1. The Morgan fingerprint density at radius 2 is 2.25 bits per heavy atom. The van der Waals surface area contributed by atoms with E-state index < -0.39 is 0 Å². The quantitative estimate of drug-likeness (QED) is 0.738. The molecule has 0 radical (unpaired) electrons. The highest BCUT2D eigenvalue weighted by molar-refractivity contribution is 7.15. The van der Waals surface area contributed by atoms with E-state index >= 15 is 0 Å². The summed E-state index contributed by atoms with van der Waals surface area (Å²) in [5, 5.41) is 2.08. The SMILES string of the molecule is Cc1nc2sccn2c1CN(C)[C@@H](C)c1ccccn1. The first-order valence-electron chi connectivity index (χ1n) is 6.69. The number of hydrogen-bond acceptors (Lipinski definition) is 4. The lowest BCUT2D eigenvalue weighted by Gasteiger charge is -2.24. The molecule has 3 rings (SSSR count). The normalized spacial score (nSPS) is 13.2. The lowest BCUT2D eigenvalue weighted by Crippen LogP contribution is -2.23. The number of rotatable bonds is 4. The van der Waals surface area contributed by atoms with Gasteiger partial charge in [-0.25, -0.2) is 4.98 Å². The maximum absolute atomic E-state index is 4.60. The van der Waals surface area contributed by atoms with Crippen molar-refractivity contribution in [2.24, 2.45) is 0 Å². The third-order valence-corrected chi connectivity index (χ3v) is 4.49. The van der Waals surface area contributed by atoms with Gasteiger partial charge in [-0.2, -0.15) is 0 Å². The van der Waals surface area contributed by atoms with Crippen molar-refractivity contribution < 1.29 is 0 Å². The highest BCUT2D eigenvalue weighted by Gasteiger charge is 2.17. The van der Waals surface area contributed by atoms with Gasteiger partial charge >= 0.3 is 0 Å². The average molecular weight is 286 g/mol. The van der Waals surface area contributed by atoms with Crippen LogP contribution in [0, 0.1) is 6.92 Å². The number of imidazole rings is 1. The standard InChI is InChI=1S/C15H18N4S/c1-11-14(19-8-9-20-15(19)17-11)10-18(3)12(2)13-6-4-5-7-16-13/h4-9,12H,10H2,1-3H3/t12-/m0/s1. The van der Waals surface area contributed by atoms with Gasteiger partial charge < -0.3 is 0 Å². The maximum atomic E-state index is 4.60. The predicted octanol–water partition coefficient (Wildman–Crippen LogP) is 3.29. The molecule has 0 saturated heterocycles. The molecule has 0 unspecified atom stereocenters. The second kappa shape index (κ2) is 5.34. The highest BCUT2D eigenvalue weighted by atomic mass is 32.1. The zero-order valence-corrected chi connectivity index (χ0v) is 12.8. The second-order valence-corrected chi connectivity index (χ2v) is 5.92. The van der Waals surface area contributed by atoms with Gasteiger partial charge in [0.2, 0.25) is 0 Å². The minimum atomic E-state index is 0.278. The fourth-order valence-electron chi connectivity index (χ4n) is 2.35. The largest absolute Gasteiger partial charge is 0.293 e. The van der Waals surface area contributed by atoms with Crippen LogP contribution >= 0.6 is 11.3 Å². The molecular weight excluding hydrogens is 268 g/mol. The van der Waals surface area contributed by atoms with Crippen molar-refractivity contribution in [2.45, 2.75) is 26.4 Å². The number of fused-ring (bicyclic) bond motifs is 1. The minimum absolute atomic E-state index is 0.278. The van der Waals surface area contributed by atoms with Crippen molar-refractivity contribution >= 4 is 16.3 Å². The summed E-state index contributed by atoms with van der Waals surface area (Å²) in [4.78, 5) is 12.4. The summed E-state index contributed by atoms with van der Waals surface area (Å²) >= 11 is 1.68. The molecule has 3 aromatic rings. The van der Waals surface area contributed by atoms with Gasteiger partial charge in [0.15, 0.2) is 4.96 Å². The summed E-state index contributed by atoms with van der Waals surface area (Å²) in [5.74, 6) is 0. The molecule has 0 saturated carbocycles. The van der Waals surface area contributed by atoms with Crippen LogP contribution in [0.5, 0.6) is 0 Å². The Morgan fingerprint density at radius 1 is 1.40 bits per heavy atom. The molecule has 0 spiro atoms. The molecule has 20 heavy (non-hydrogen) atoms. The smallest absolute Gasteiger partial charge is 0.194 e. The molecule has 5 heteroatoms. The number of aryl methyl sites for hydroxylation is 1. The first kappa shape index (κ1) is 13.3. The van der Waals surface area contributed by atoms with Crippen molar-refractivity contribution in [1.29, 1.82) is 0 Å². The van der Waals surface area contributed by atoms with Crippen LogP contribution < -0.4 is 0 Å². The van der Waals surface area contributed by atoms with Gasteiger partial charge in [-0.15, -0.1) is 11.3 Å². The Morgan fingerprint density at radius 3 is 3.00 bits per heavy atom. The van der Waals surface area contributed by atoms with Crippen molar-refractivity contribution in [3.8, 4) is 0 Å². The molecule has 0 aliphatic carbocycles. The molecule has 0 aliphatic rings. The van der Waals surface area contributed by atoms with E-state index in [1.807, 2.05) is 18.3 Å². The molecule has 0 fully saturated rings. The Kier molecular flexibility index (Phi) is 3.54. The molecule has 0 N–H and O–H groups in total. The number of nitrogens with zero attached hydrogens (tertiary/aromatic N) is 4. The molecule has 1 atom stereocenters. The number of aromatic nitrogens is 3. The molecule has 0 amide bonds. The van der Waals surface area contributed by atoms with Gasteiger partial charge in [-0.1, -0.05) is 6.07 Å². The van der Waals surface area contributed by atoms with Gasteiger partial charge in [0, 0.05) is 30.4 Å². The first-order chi connectivity index (χ1) is 9.66. The van der Waals surface area contributed by atoms with Crippen LogP contribution in [-0.2, 0) is 6.54 Å². The summed E-state index contributed by atoms with van der Waals surface area (Å²) < 4.78 is 2.18. The molecule has 104 valence electrons.